The number of hydrogen-bond donors (Lipinski definition) is 0. The van der Waals surface area contributed by atoms with Crippen LogP contribution in [0.4, 0.5) is 0 Å². The molecule has 0 bridgehead atoms. The van der Waals surface area contributed by atoms with Crippen LogP contribution in [0.2, 0.25) is 0 Å². The van der Waals surface area contributed by atoms with Crippen molar-refractivity contribution >= 4 is 5.97 Å². The summed E-state index contributed by atoms with van der Waals surface area (Å²) in [5.74, 6) is 0.507. The summed E-state index contributed by atoms with van der Waals surface area (Å²) in [7, 11) is 1.42. The van der Waals surface area contributed by atoms with E-state index >= 15 is 0 Å². The highest BCUT2D eigenvalue weighted by atomic mass is 16.5. The van der Waals surface area contributed by atoms with Crippen LogP contribution in [-0.4, -0.2) is 90.6 Å². The van der Waals surface area contributed by atoms with Crippen LogP contribution in [0.25, 0.3) is 0 Å². The molecule has 2 aliphatic rings. The van der Waals surface area contributed by atoms with Gasteiger partial charge in [-0.3, -0.25) is 14.7 Å². The maximum atomic E-state index is 11.7. The van der Waals surface area contributed by atoms with Gasteiger partial charge >= 0.3 is 5.97 Å². The molecule has 2 saturated heterocycles. The first kappa shape index (κ1) is 28.8. The molecule has 0 aromatic heterocycles. The van der Waals surface area contributed by atoms with E-state index in [9.17, 15) is 4.79 Å². The number of piperazine rings is 2. The minimum absolute atomic E-state index is 0.281. The summed E-state index contributed by atoms with van der Waals surface area (Å²) in [6.45, 7) is 20.4. The lowest BCUT2D eigenvalue weighted by atomic mass is 10.0. The Morgan fingerprint density at radius 3 is 2.00 bits per heavy atom. The lowest BCUT2D eigenvalue weighted by molar-refractivity contribution is 0.0290. The molecule has 0 N–H and O–H groups in total. The average Bonchev–Trinajstić information content (AvgIpc) is 2.90. The first-order valence-corrected chi connectivity index (χ1v) is 14.5. The van der Waals surface area contributed by atoms with Crippen LogP contribution < -0.4 is 0 Å². The number of carbonyl (C=O) groups excluding carboxylic acids is 1. The maximum absolute atomic E-state index is 11.7. The molecule has 0 saturated carbocycles. The summed E-state index contributed by atoms with van der Waals surface area (Å²) in [5.41, 5.74) is 4.70. The zero-order chi connectivity index (χ0) is 27.1. The van der Waals surface area contributed by atoms with E-state index < -0.39 is 0 Å². The molecule has 2 aliphatic heterocycles. The van der Waals surface area contributed by atoms with Gasteiger partial charge in [0, 0.05) is 71.0 Å². The van der Waals surface area contributed by atoms with Crippen LogP contribution in [0.5, 0.6) is 0 Å². The Morgan fingerprint density at radius 1 is 0.816 bits per heavy atom. The van der Waals surface area contributed by atoms with E-state index in [2.05, 4.69) is 71.6 Å². The van der Waals surface area contributed by atoms with E-state index in [1.54, 1.807) is 0 Å². The Kier molecular flexibility index (Phi) is 10.4. The van der Waals surface area contributed by atoms with Crippen molar-refractivity contribution in [3.05, 3.63) is 70.8 Å². The van der Waals surface area contributed by atoms with Gasteiger partial charge in [0.15, 0.2) is 0 Å². The third-order valence-corrected chi connectivity index (χ3v) is 8.21. The standard InChI is InChI=1S/C32H48N4O2/c1-25(2)13-14-33-15-17-34(18-16-33)23-29-7-6-8-30(19-29)24-36-26(3)20-35(21-27(36)4)22-28-9-11-31(12-10-28)32(37)38-5/h6-12,19,25-27H,13-18,20-24H2,1-5H3/t26-,27+. The largest absolute Gasteiger partial charge is 0.465 e. The van der Waals surface area contributed by atoms with Gasteiger partial charge in [-0.05, 0) is 61.6 Å². The van der Waals surface area contributed by atoms with Crippen molar-refractivity contribution in [1.29, 1.82) is 0 Å². The van der Waals surface area contributed by atoms with Crippen LogP contribution in [0, 0.1) is 5.92 Å². The molecule has 6 heteroatoms. The second-order valence-electron chi connectivity index (χ2n) is 11.9. The Labute approximate surface area is 230 Å². The summed E-state index contributed by atoms with van der Waals surface area (Å²) in [4.78, 5) is 22.2. The van der Waals surface area contributed by atoms with Crippen molar-refractivity contribution in [2.24, 2.45) is 5.92 Å². The van der Waals surface area contributed by atoms with Gasteiger partial charge in [0.05, 0.1) is 12.7 Å². The summed E-state index contributed by atoms with van der Waals surface area (Å²) in [5, 5.41) is 0. The Bertz CT molecular complexity index is 1000. The number of rotatable bonds is 10. The molecule has 2 aromatic rings. The van der Waals surface area contributed by atoms with Gasteiger partial charge in [-0.2, -0.15) is 0 Å². The van der Waals surface area contributed by atoms with Crippen molar-refractivity contribution in [1.82, 2.24) is 19.6 Å². The Morgan fingerprint density at radius 2 is 1.39 bits per heavy atom. The maximum Gasteiger partial charge on any atom is 0.337 e. The second kappa shape index (κ2) is 13.7. The molecular formula is C32H48N4O2. The van der Waals surface area contributed by atoms with Gasteiger partial charge in [0.2, 0.25) is 0 Å². The number of esters is 1. The van der Waals surface area contributed by atoms with Gasteiger partial charge in [-0.1, -0.05) is 50.2 Å². The van der Waals surface area contributed by atoms with Crippen molar-refractivity contribution in [2.75, 3.05) is 52.9 Å². The first-order valence-electron chi connectivity index (χ1n) is 14.5. The van der Waals surface area contributed by atoms with Gasteiger partial charge in [0.25, 0.3) is 0 Å². The molecule has 0 spiro atoms. The summed E-state index contributed by atoms with van der Waals surface area (Å²) >= 11 is 0. The highest BCUT2D eigenvalue weighted by molar-refractivity contribution is 5.89. The number of hydrogen-bond acceptors (Lipinski definition) is 6. The third-order valence-electron chi connectivity index (χ3n) is 8.21. The monoisotopic (exact) mass is 520 g/mol. The van der Waals surface area contributed by atoms with E-state index in [1.165, 1.54) is 62.9 Å². The summed E-state index contributed by atoms with van der Waals surface area (Å²) < 4.78 is 4.82. The fourth-order valence-corrected chi connectivity index (χ4v) is 5.94. The zero-order valence-corrected chi connectivity index (χ0v) is 24.2. The van der Waals surface area contributed by atoms with Crippen molar-refractivity contribution in [3.63, 3.8) is 0 Å². The number of benzene rings is 2. The van der Waals surface area contributed by atoms with E-state index in [1.807, 2.05) is 24.3 Å². The van der Waals surface area contributed by atoms with E-state index in [0.717, 1.165) is 38.6 Å². The first-order chi connectivity index (χ1) is 18.3. The Hall–Kier alpha value is -2.25. The van der Waals surface area contributed by atoms with Crippen LogP contribution in [0.3, 0.4) is 0 Å². The quantitative estimate of drug-likeness (QED) is 0.422. The SMILES string of the molecule is COC(=O)c1ccc(CN2C[C@@H](C)N(Cc3cccc(CN4CCN(CCC(C)C)CC4)c3)[C@@H](C)C2)cc1. The van der Waals surface area contributed by atoms with Crippen molar-refractivity contribution in [3.8, 4) is 0 Å². The minimum atomic E-state index is -0.281. The second-order valence-corrected chi connectivity index (χ2v) is 11.9. The lowest BCUT2D eigenvalue weighted by Crippen LogP contribution is -2.55. The number of methoxy groups -OCH3 is 1. The molecule has 0 aliphatic carbocycles. The van der Waals surface area contributed by atoms with Gasteiger partial charge in [0.1, 0.15) is 0 Å². The highest BCUT2D eigenvalue weighted by Gasteiger charge is 2.29. The van der Waals surface area contributed by atoms with Gasteiger partial charge in [-0.25, -0.2) is 4.79 Å². The molecule has 2 atom stereocenters. The van der Waals surface area contributed by atoms with Crippen LogP contribution in [0.1, 0.15) is 61.2 Å². The normalized spacial score (nSPS) is 22.2. The molecule has 2 aromatic carbocycles. The number of carbonyl (C=O) groups is 1. The molecule has 0 radical (unpaired) electrons. The molecule has 38 heavy (non-hydrogen) atoms. The predicted molar refractivity (Wildman–Crippen MR) is 155 cm³/mol. The molecule has 4 rings (SSSR count). The predicted octanol–water partition coefficient (Wildman–Crippen LogP) is 4.73. The van der Waals surface area contributed by atoms with E-state index in [-0.39, 0.29) is 5.97 Å². The molecule has 2 fully saturated rings. The Balaban J connectivity index is 1.26. The van der Waals surface area contributed by atoms with Crippen LogP contribution in [0.15, 0.2) is 48.5 Å². The highest BCUT2D eigenvalue weighted by Crippen LogP contribution is 2.22. The van der Waals surface area contributed by atoms with E-state index in [4.69, 9.17) is 4.74 Å². The van der Waals surface area contributed by atoms with E-state index in [0.29, 0.717) is 17.6 Å². The zero-order valence-electron chi connectivity index (χ0n) is 24.2. The molecule has 2 heterocycles. The van der Waals surface area contributed by atoms with Gasteiger partial charge < -0.3 is 9.64 Å². The van der Waals surface area contributed by atoms with Crippen LogP contribution >= 0.6 is 0 Å². The molecular weight excluding hydrogens is 472 g/mol. The fourth-order valence-electron chi connectivity index (χ4n) is 5.94. The molecule has 0 amide bonds. The minimum Gasteiger partial charge on any atom is -0.465 e. The van der Waals surface area contributed by atoms with Gasteiger partial charge in [-0.15, -0.1) is 0 Å². The summed E-state index contributed by atoms with van der Waals surface area (Å²) in [6, 6.07) is 18.1. The van der Waals surface area contributed by atoms with Crippen molar-refractivity contribution < 1.29 is 9.53 Å². The smallest absolute Gasteiger partial charge is 0.337 e. The third kappa shape index (κ3) is 8.12. The molecule has 6 nitrogen and oxygen atoms in total. The number of ether oxygens (including phenoxy) is 1. The lowest BCUT2D eigenvalue weighted by Gasteiger charge is -2.44. The van der Waals surface area contributed by atoms with Crippen molar-refractivity contribution in [2.45, 2.75) is 65.8 Å². The molecule has 208 valence electrons. The topological polar surface area (TPSA) is 39.3 Å². The van der Waals surface area contributed by atoms with Crippen LogP contribution in [-0.2, 0) is 24.4 Å². The number of nitrogens with zero attached hydrogens (tertiary/aromatic N) is 4. The molecule has 0 unspecified atom stereocenters. The average molecular weight is 521 g/mol. The fraction of sp³-hybridized carbons (Fsp3) is 0.594. The summed E-state index contributed by atoms with van der Waals surface area (Å²) in [6.07, 6.45) is 1.30.